The highest BCUT2D eigenvalue weighted by atomic mass is 16.5. The Labute approximate surface area is 198 Å². The summed E-state index contributed by atoms with van der Waals surface area (Å²) in [6.07, 6.45) is 0.382. The third-order valence-electron chi connectivity index (χ3n) is 5.57. The molecule has 8 nitrogen and oxygen atoms in total. The third-order valence-corrected chi connectivity index (χ3v) is 5.57. The van der Waals surface area contributed by atoms with Crippen LogP contribution in [-0.2, 0) is 9.53 Å². The van der Waals surface area contributed by atoms with E-state index < -0.39 is 17.6 Å². The fraction of sp³-hybridized carbons (Fsp3) is 0.680. The molecule has 5 N–H and O–H groups in total. The predicted octanol–water partition coefficient (Wildman–Crippen LogP) is 2.34. The summed E-state index contributed by atoms with van der Waals surface area (Å²) in [6, 6.07) is 6.62. The summed E-state index contributed by atoms with van der Waals surface area (Å²) in [7, 11) is 1.64. The lowest BCUT2D eigenvalue weighted by Crippen LogP contribution is -2.47. The molecule has 3 atom stereocenters. The maximum Gasteiger partial charge on any atom is 0.255 e. The highest BCUT2D eigenvalue weighted by Gasteiger charge is 2.26. The Hall–Kier alpha value is -2.16. The van der Waals surface area contributed by atoms with E-state index >= 15 is 0 Å². The van der Waals surface area contributed by atoms with Crippen molar-refractivity contribution >= 4 is 11.8 Å². The molecule has 0 unspecified atom stereocenters. The minimum atomic E-state index is -0.866. The molecule has 0 spiro atoms. The maximum absolute atomic E-state index is 12.8. The zero-order chi connectivity index (χ0) is 25.0. The van der Waals surface area contributed by atoms with E-state index in [4.69, 9.17) is 15.2 Å². The van der Waals surface area contributed by atoms with Crippen molar-refractivity contribution in [2.45, 2.75) is 59.6 Å². The SMILES string of the molecule is COCCCOc1ccccc1C(=O)NC[C@@H](C[C@H](N)[C@@H](O)CNC(=O)C(C)(C)C)C(C)C. The van der Waals surface area contributed by atoms with E-state index in [1.807, 2.05) is 26.8 Å². The molecule has 33 heavy (non-hydrogen) atoms. The first kappa shape index (κ1) is 28.9. The Balaban J connectivity index is 2.64. The number of carbonyl (C=O) groups is 2. The zero-order valence-electron chi connectivity index (χ0n) is 21.0. The first-order valence-corrected chi connectivity index (χ1v) is 11.7. The van der Waals surface area contributed by atoms with E-state index in [2.05, 4.69) is 24.5 Å². The van der Waals surface area contributed by atoms with Gasteiger partial charge in [0.05, 0.1) is 18.3 Å². The first-order valence-electron chi connectivity index (χ1n) is 11.7. The molecule has 1 aromatic carbocycles. The van der Waals surface area contributed by atoms with Gasteiger partial charge in [-0.05, 0) is 30.4 Å². The predicted molar refractivity (Wildman–Crippen MR) is 130 cm³/mol. The van der Waals surface area contributed by atoms with Gasteiger partial charge in [0.25, 0.3) is 5.91 Å². The fourth-order valence-corrected chi connectivity index (χ4v) is 3.20. The number of amides is 2. The summed E-state index contributed by atoms with van der Waals surface area (Å²) in [5.74, 6) is 0.493. The van der Waals surface area contributed by atoms with E-state index in [0.717, 1.165) is 6.42 Å². The number of methoxy groups -OCH3 is 1. The molecule has 2 amide bonds. The largest absolute Gasteiger partial charge is 0.493 e. The molecule has 0 aliphatic heterocycles. The second-order valence-electron chi connectivity index (χ2n) is 9.83. The summed E-state index contributed by atoms with van der Waals surface area (Å²) < 4.78 is 10.8. The van der Waals surface area contributed by atoms with Crippen LogP contribution in [0.5, 0.6) is 5.75 Å². The van der Waals surface area contributed by atoms with Crippen LogP contribution in [0.25, 0.3) is 0 Å². The van der Waals surface area contributed by atoms with Gasteiger partial charge in [-0.3, -0.25) is 9.59 Å². The van der Waals surface area contributed by atoms with Crippen LogP contribution in [0.4, 0.5) is 0 Å². The molecular weight excluding hydrogens is 422 g/mol. The highest BCUT2D eigenvalue weighted by Crippen LogP contribution is 2.20. The monoisotopic (exact) mass is 465 g/mol. The van der Waals surface area contributed by atoms with Crippen LogP contribution in [0.1, 0.15) is 57.8 Å². The van der Waals surface area contributed by atoms with E-state index in [1.54, 1.807) is 25.3 Å². The Bertz CT molecular complexity index is 733. The second-order valence-corrected chi connectivity index (χ2v) is 9.83. The standard InChI is InChI=1S/C25H43N3O5/c1-17(2)18(14-20(26)21(29)16-28-24(31)25(3,4)5)15-27-23(30)19-10-7-8-11-22(19)33-13-9-12-32-6/h7-8,10-11,17-18,20-21,29H,9,12-16,26H2,1-6H3,(H,27,30)(H,28,31)/t18-,20+,21+/m1/s1. The zero-order valence-corrected chi connectivity index (χ0v) is 21.0. The topological polar surface area (TPSA) is 123 Å². The molecule has 0 fully saturated rings. The Morgan fingerprint density at radius 2 is 1.76 bits per heavy atom. The molecule has 0 aliphatic carbocycles. The number of hydrogen-bond acceptors (Lipinski definition) is 6. The number of ether oxygens (including phenoxy) is 2. The lowest BCUT2D eigenvalue weighted by Gasteiger charge is -2.28. The van der Waals surface area contributed by atoms with Crippen LogP contribution in [0, 0.1) is 17.3 Å². The van der Waals surface area contributed by atoms with E-state index in [9.17, 15) is 14.7 Å². The molecule has 0 heterocycles. The van der Waals surface area contributed by atoms with Crippen molar-refractivity contribution in [2.24, 2.45) is 23.0 Å². The van der Waals surface area contributed by atoms with Crippen molar-refractivity contribution < 1.29 is 24.2 Å². The number of nitrogens with two attached hydrogens (primary N) is 1. The maximum atomic E-state index is 12.8. The minimum absolute atomic E-state index is 0.0618. The molecule has 0 aliphatic rings. The quantitative estimate of drug-likeness (QED) is 0.313. The van der Waals surface area contributed by atoms with Crippen molar-refractivity contribution in [3.63, 3.8) is 0 Å². The molecule has 1 rings (SSSR count). The Morgan fingerprint density at radius 3 is 2.36 bits per heavy atom. The number of carbonyl (C=O) groups excluding carboxylic acids is 2. The molecule has 0 saturated heterocycles. The van der Waals surface area contributed by atoms with Gasteiger partial charge in [-0.2, -0.15) is 0 Å². The van der Waals surface area contributed by atoms with Gasteiger partial charge in [0.2, 0.25) is 5.91 Å². The second kappa shape index (κ2) is 14.2. The normalized spacial score (nSPS) is 14.5. The van der Waals surface area contributed by atoms with Gasteiger partial charge in [0.15, 0.2) is 0 Å². The number of nitrogens with one attached hydrogen (secondary N) is 2. The van der Waals surface area contributed by atoms with Crippen molar-refractivity contribution in [3.05, 3.63) is 29.8 Å². The van der Waals surface area contributed by atoms with Crippen molar-refractivity contribution in [1.29, 1.82) is 0 Å². The van der Waals surface area contributed by atoms with Gasteiger partial charge in [-0.15, -0.1) is 0 Å². The lowest BCUT2D eigenvalue weighted by atomic mass is 9.87. The highest BCUT2D eigenvalue weighted by molar-refractivity contribution is 5.96. The Kier molecular flexibility index (Phi) is 12.4. The number of benzene rings is 1. The van der Waals surface area contributed by atoms with E-state index in [1.165, 1.54) is 0 Å². The number of rotatable bonds is 14. The van der Waals surface area contributed by atoms with Crippen LogP contribution < -0.4 is 21.1 Å². The molecule has 0 aromatic heterocycles. The molecular formula is C25H43N3O5. The summed E-state index contributed by atoms with van der Waals surface area (Å²) >= 11 is 0. The van der Waals surface area contributed by atoms with Crippen LogP contribution in [-0.4, -0.2) is 62.5 Å². The average Bonchev–Trinajstić information content (AvgIpc) is 2.76. The summed E-state index contributed by atoms with van der Waals surface area (Å²) in [5.41, 5.74) is 6.18. The molecule has 0 saturated carbocycles. The summed E-state index contributed by atoms with van der Waals surface area (Å²) in [6.45, 7) is 11.1. The first-order chi connectivity index (χ1) is 15.5. The van der Waals surface area contributed by atoms with Crippen molar-refractivity contribution in [2.75, 3.05) is 33.4 Å². The average molecular weight is 466 g/mol. The number of aliphatic hydroxyl groups is 1. The van der Waals surface area contributed by atoms with Gasteiger partial charge >= 0.3 is 0 Å². The van der Waals surface area contributed by atoms with Gasteiger partial charge in [0, 0.05) is 44.7 Å². The van der Waals surface area contributed by atoms with Gasteiger partial charge in [0.1, 0.15) is 5.75 Å². The van der Waals surface area contributed by atoms with E-state index in [0.29, 0.717) is 37.5 Å². The Morgan fingerprint density at radius 1 is 1.09 bits per heavy atom. The van der Waals surface area contributed by atoms with Gasteiger partial charge < -0.3 is 30.9 Å². The van der Waals surface area contributed by atoms with Crippen molar-refractivity contribution in [3.8, 4) is 5.75 Å². The summed E-state index contributed by atoms with van der Waals surface area (Å²) in [5, 5.41) is 16.2. The molecule has 0 radical (unpaired) electrons. The van der Waals surface area contributed by atoms with Gasteiger partial charge in [-0.25, -0.2) is 0 Å². The molecule has 188 valence electrons. The number of hydrogen-bond donors (Lipinski definition) is 4. The number of para-hydroxylation sites is 1. The lowest BCUT2D eigenvalue weighted by molar-refractivity contribution is -0.129. The smallest absolute Gasteiger partial charge is 0.255 e. The molecule has 8 heteroatoms. The van der Waals surface area contributed by atoms with Crippen LogP contribution >= 0.6 is 0 Å². The minimum Gasteiger partial charge on any atom is -0.493 e. The van der Waals surface area contributed by atoms with E-state index in [-0.39, 0.29) is 30.2 Å². The molecule has 1 aromatic rings. The van der Waals surface area contributed by atoms with Crippen molar-refractivity contribution in [1.82, 2.24) is 10.6 Å². The van der Waals surface area contributed by atoms with Crippen LogP contribution in [0.3, 0.4) is 0 Å². The van der Waals surface area contributed by atoms with Crippen LogP contribution in [0.2, 0.25) is 0 Å². The number of aliphatic hydroxyl groups excluding tert-OH is 1. The summed E-state index contributed by atoms with van der Waals surface area (Å²) in [4.78, 5) is 24.9. The van der Waals surface area contributed by atoms with Crippen LogP contribution in [0.15, 0.2) is 24.3 Å². The fourth-order valence-electron chi connectivity index (χ4n) is 3.20. The van der Waals surface area contributed by atoms with Gasteiger partial charge in [-0.1, -0.05) is 46.8 Å². The third kappa shape index (κ3) is 10.5. The molecule has 0 bridgehead atoms.